The number of amides is 1. The number of rotatable bonds is 5. The molecule has 1 aromatic heterocycles. The monoisotopic (exact) mass is 377 g/mol. The van der Waals surface area contributed by atoms with Crippen LogP contribution in [0.2, 0.25) is 0 Å². The summed E-state index contributed by atoms with van der Waals surface area (Å²) in [5.74, 6) is -0.907. The van der Waals surface area contributed by atoms with E-state index in [1.54, 1.807) is 0 Å². The van der Waals surface area contributed by atoms with Gasteiger partial charge in [0.15, 0.2) is 0 Å². The molecule has 28 heavy (non-hydrogen) atoms. The quantitative estimate of drug-likeness (QED) is 0.522. The summed E-state index contributed by atoms with van der Waals surface area (Å²) in [6.07, 6.45) is 0. The van der Waals surface area contributed by atoms with Crippen LogP contribution in [0.1, 0.15) is 0 Å². The number of β-amino-alcohol motifs (C(OH)–C–C–N with tert-alkyl or cyclic N) is 1. The summed E-state index contributed by atoms with van der Waals surface area (Å²) in [6, 6.07) is 15.5. The maximum Gasteiger partial charge on any atom is 0.337 e. The van der Waals surface area contributed by atoms with Gasteiger partial charge in [-0.2, -0.15) is 0 Å². The first kappa shape index (κ1) is 17.9. The van der Waals surface area contributed by atoms with E-state index in [0.717, 1.165) is 21.8 Å². The minimum Gasteiger partial charge on any atom is -0.466 e. The number of hydrogen-bond acceptors (Lipinski definition) is 6. The largest absolute Gasteiger partial charge is 0.466 e. The van der Waals surface area contributed by atoms with Crippen molar-refractivity contribution < 1.29 is 19.4 Å². The van der Waals surface area contributed by atoms with E-state index in [1.807, 2.05) is 48.5 Å². The number of aliphatic hydroxyl groups excluding tert-OH is 1. The fraction of sp³-hybridized carbons (Fsp3) is 0.190. The highest BCUT2D eigenvalue weighted by Gasteiger charge is 2.34. The number of methoxy groups -OCH3 is 1. The predicted molar refractivity (Wildman–Crippen MR) is 106 cm³/mol. The van der Waals surface area contributed by atoms with E-state index >= 15 is 0 Å². The molecule has 1 aliphatic heterocycles. The summed E-state index contributed by atoms with van der Waals surface area (Å²) in [5, 5.41) is 14.2. The maximum absolute atomic E-state index is 12.6. The molecular weight excluding hydrogens is 358 g/mol. The number of benzene rings is 2. The first-order chi connectivity index (χ1) is 13.6. The molecule has 0 unspecified atom stereocenters. The van der Waals surface area contributed by atoms with Crippen LogP contribution >= 0.6 is 0 Å². The standard InChI is InChI=1S/C21H19N3O4/c1-28-21(27)16-12-24(8-9-25)20(26)19(16)22-15-6-7-18-14(11-15)10-13-4-2-3-5-17(13)23-18/h2-7,10-11,22,25H,8-9,12H2,1H3. The van der Waals surface area contributed by atoms with E-state index in [9.17, 15) is 9.59 Å². The summed E-state index contributed by atoms with van der Waals surface area (Å²) in [5.41, 5.74) is 2.84. The Bertz CT molecular complexity index is 1120. The number of esters is 1. The molecule has 0 bridgehead atoms. The number of ether oxygens (including phenoxy) is 1. The fourth-order valence-corrected chi connectivity index (χ4v) is 3.35. The average molecular weight is 377 g/mol. The van der Waals surface area contributed by atoms with Gasteiger partial charge in [0, 0.05) is 23.0 Å². The Morgan fingerprint density at radius 2 is 1.96 bits per heavy atom. The third-order valence-electron chi connectivity index (χ3n) is 4.74. The highest BCUT2D eigenvalue weighted by Crippen LogP contribution is 2.26. The Hall–Kier alpha value is -3.45. The lowest BCUT2D eigenvalue weighted by Crippen LogP contribution is -2.31. The number of para-hydroxylation sites is 1. The van der Waals surface area contributed by atoms with Crippen LogP contribution in [0.15, 0.2) is 59.8 Å². The number of nitrogens with one attached hydrogen (secondary N) is 1. The Morgan fingerprint density at radius 3 is 2.75 bits per heavy atom. The second-order valence-corrected chi connectivity index (χ2v) is 6.51. The van der Waals surface area contributed by atoms with E-state index in [1.165, 1.54) is 12.0 Å². The first-order valence-electron chi connectivity index (χ1n) is 8.89. The van der Waals surface area contributed by atoms with Gasteiger partial charge < -0.3 is 20.1 Å². The van der Waals surface area contributed by atoms with Crippen molar-refractivity contribution in [2.75, 3.05) is 32.1 Å². The summed E-state index contributed by atoms with van der Waals surface area (Å²) in [6.45, 7) is 0.0779. The number of fused-ring (bicyclic) bond motifs is 2. The van der Waals surface area contributed by atoms with Crippen molar-refractivity contribution in [3.63, 3.8) is 0 Å². The minimum atomic E-state index is -0.565. The lowest BCUT2D eigenvalue weighted by molar-refractivity contribution is -0.136. The highest BCUT2D eigenvalue weighted by atomic mass is 16.5. The van der Waals surface area contributed by atoms with Gasteiger partial charge in [-0.3, -0.25) is 4.79 Å². The SMILES string of the molecule is COC(=O)C1=C(Nc2ccc3nc4ccccc4cc3c2)C(=O)N(CCO)C1. The molecule has 0 aliphatic carbocycles. The van der Waals surface area contributed by atoms with Crippen LogP contribution in [0.5, 0.6) is 0 Å². The first-order valence-corrected chi connectivity index (χ1v) is 8.89. The van der Waals surface area contributed by atoms with E-state index in [2.05, 4.69) is 10.3 Å². The molecule has 7 heteroatoms. The van der Waals surface area contributed by atoms with Crippen molar-refractivity contribution in [1.82, 2.24) is 9.88 Å². The lowest BCUT2D eigenvalue weighted by Gasteiger charge is -2.15. The molecule has 1 aliphatic rings. The molecule has 2 aromatic carbocycles. The molecule has 142 valence electrons. The summed E-state index contributed by atoms with van der Waals surface area (Å²) >= 11 is 0. The van der Waals surface area contributed by atoms with E-state index < -0.39 is 5.97 Å². The zero-order chi connectivity index (χ0) is 19.7. The Morgan fingerprint density at radius 1 is 1.18 bits per heavy atom. The Balaban J connectivity index is 1.71. The van der Waals surface area contributed by atoms with Crippen molar-refractivity contribution in [1.29, 1.82) is 0 Å². The summed E-state index contributed by atoms with van der Waals surface area (Å²) < 4.78 is 4.81. The van der Waals surface area contributed by atoms with Crippen LogP contribution in [0.3, 0.4) is 0 Å². The normalized spacial score (nSPS) is 14.2. The van der Waals surface area contributed by atoms with Crippen LogP contribution in [0.4, 0.5) is 5.69 Å². The second kappa shape index (κ2) is 7.28. The van der Waals surface area contributed by atoms with Gasteiger partial charge in [0.1, 0.15) is 5.70 Å². The smallest absolute Gasteiger partial charge is 0.337 e. The number of hydrogen-bond donors (Lipinski definition) is 2. The molecule has 2 heterocycles. The van der Waals surface area contributed by atoms with Gasteiger partial charge >= 0.3 is 5.97 Å². The Kier molecular flexibility index (Phi) is 4.67. The predicted octanol–water partition coefficient (Wildman–Crippen LogP) is 2.06. The molecule has 0 radical (unpaired) electrons. The summed E-state index contributed by atoms with van der Waals surface area (Å²) in [4.78, 5) is 30.8. The van der Waals surface area contributed by atoms with Gasteiger partial charge in [0.25, 0.3) is 5.91 Å². The fourth-order valence-electron chi connectivity index (χ4n) is 3.35. The number of aromatic nitrogens is 1. The van der Waals surface area contributed by atoms with Gasteiger partial charge in [0.05, 0.1) is 36.9 Å². The second-order valence-electron chi connectivity index (χ2n) is 6.51. The number of aliphatic hydroxyl groups is 1. The highest BCUT2D eigenvalue weighted by molar-refractivity contribution is 6.08. The topological polar surface area (TPSA) is 91.8 Å². The van der Waals surface area contributed by atoms with Gasteiger partial charge in [0.2, 0.25) is 0 Å². The van der Waals surface area contributed by atoms with Gasteiger partial charge in [-0.25, -0.2) is 9.78 Å². The van der Waals surface area contributed by atoms with E-state index in [-0.39, 0.29) is 36.9 Å². The molecule has 3 aromatic rings. The van der Waals surface area contributed by atoms with Crippen LogP contribution in [0, 0.1) is 0 Å². The molecule has 0 saturated carbocycles. The van der Waals surface area contributed by atoms with Crippen LogP contribution < -0.4 is 5.32 Å². The van der Waals surface area contributed by atoms with Crippen molar-refractivity contribution in [2.24, 2.45) is 0 Å². The molecule has 2 N–H and O–H groups in total. The maximum atomic E-state index is 12.6. The molecule has 1 amide bonds. The molecule has 0 fully saturated rings. The third kappa shape index (κ3) is 3.16. The van der Waals surface area contributed by atoms with E-state index in [4.69, 9.17) is 9.84 Å². The van der Waals surface area contributed by atoms with Crippen LogP contribution in [-0.4, -0.2) is 53.7 Å². The molecule has 4 rings (SSSR count). The lowest BCUT2D eigenvalue weighted by atomic mass is 10.1. The van der Waals surface area contributed by atoms with Crippen LogP contribution in [0.25, 0.3) is 21.8 Å². The number of nitrogens with zero attached hydrogens (tertiary/aromatic N) is 2. The van der Waals surface area contributed by atoms with Gasteiger partial charge in [-0.15, -0.1) is 0 Å². The Labute approximate surface area is 161 Å². The number of pyridine rings is 1. The van der Waals surface area contributed by atoms with E-state index in [0.29, 0.717) is 5.69 Å². The van der Waals surface area contributed by atoms with Crippen molar-refractivity contribution in [3.8, 4) is 0 Å². The zero-order valence-electron chi connectivity index (χ0n) is 15.3. The third-order valence-corrected chi connectivity index (χ3v) is 4.74. The molecular formula is C21H19N3O4. The van der Waals surface area contributed by atoms with Crippen molar-refractivity contribution >= 4 is 39.4 Å². The zero-order valence-corrected chi connectivity index (χ0v) is 15.3. The number of carbonyl (C=O) groups excluding carboxylic acids is 2. The number of anilines is 1. The van der Waals surface area contributed by atoms with Gasteiger partial charge in [-0.1, -0.05) is 18.2 Å². The molecule has 0 spiro atoms. The van der Waals surface area contributed by atoms with Gasteiger partial charge in [-0.05, 0) is 30.3 Å². The minimum absolute atomic E-state index is 0.105. The summed E-state index contributed by atoms with van der Waals surface area (Å²) in [7, 11) is 1.28. The molecule has 0 saturated heterocycles. The molecule has 7 nitrogen and oxygen atoms in total. The molecule has 0 atom stereocenters. The van der Waals surface area contributed by atoms with Crippen molar-refractivity contribution in [2.45, 2.75) is 0 Å². The van der Waals surface area contributed by atoms with Crippen molar-refractivity contribution in [3.05, 3.63) is 59.8 Å². The average Bonchev–Trinajstić information content (AvgIpc) is 3.02. The van der Waals surface area contributed by atoms with Crippen LogP contribution in [-0.2, 0) is 14.3 Å². The number of carbonyl (C=O) groups is 2.